The molecule has 1 N–H and O–H groups in total. The molecule has 2 heterocycles. The highest BCUT2D eigenvalue weighted by Gasteiger charge is 2.51. The summed E-state index contributed by atoms with van der Waals surface area (Å²) in [6.45, 7) is 0.0159. The molecule has 3 atom stereocenters. The summed E-state index contributed by atoms with van der Waals surface area (Å²) in [5.74, 6) is -1.73. The van der Waals surface area contributed by atoms with Gasteiger partial charge in [0.25, 0.3) is 0 Å². The summed E-state index contributed by atoms with van der Waals surface area (Å²) in [5, 5.41) is 9.82. The first kappa shape index (κ1) is 24.8. The Hall–Kier alpha value is -3.53. The average Bonchev–Trinajstić information content (AvgIpc) is 3.45. The Balaban J connectivity index is 1.31. The summed E-state index contributed by atoms with van der Waals surface area (Å²) in [6.07, 6.45) is 3.24. The normalized spacial score (nSPS) is 22.1. The van der Waals surface area contributed by atoms with Crippen LogP contribution in [-0.2, 0) is 20.9 Å². The highest BCUT2D eigenvalue weighted by Crippen LogP contribution is 2.53. The second kappa shape index (κ2) is 9.98. The number of nitrogens with zero attached hydrogens (tertiary/aromatic N) is 3. The van der Waals surface area contributed by atoms with Crippen LogP contribution < -0.4 is 4.90 Å². The van der Waals surface area contributed by atoms with E-state index < -0.39 is 17.9 Å². The van der Waals surface area contributed by atoms with Crippen molar-refractivity contribution in [3.05, 3.63) is 58.9 Å². The maximum Gasteiger partial charge on any atom is 0.414 e. The monoisotopic (exact) mass is 537 g/mol. The van der Waals surface area contributed by atoms with Crippen molar-refractivity contribution in [2.45, 2.75) is 69.7 Å². The molecule has 10 heteroatoms. The Labute approximate surface area is 223 Å². The number of halogens is 1. The lowest BCUT2D eigenvalue weighted by atomic mass is 9.81. The minimum atomic E-state index is -1.01. The van der Waals surface area contributed by atoms with Gasteiger partial charge in [-0.2, -0.15) is 0 Å². The van der Waals surface area contributed by atoms with Crippen LogP contribution in [0.25, 0.3) is 10.2 Å². The SMILES string of the molecule is O=C(O)CCC(=O)N(C1CC1)C1c2ccc(F)cc2N(C(=O)OCc2nc3ccccc3s2)C2CCCC21. The van der Waals surface area contributed by atoms with E-state index in [1.807, 2.05) is 29.2 Å². The maximum atomic E-state index is 14.6. The fourth-order valence-corrected chi connectivity index (χ4v) is 6.97. The molecule has 0 saturated heterocycles. The molecule has 6 rings (SSSR count). The molecule has 3 aromatic rings. The van der Waals surface area contributed by atoms with E-state index in [9.17, 15) is 18.8 Å². The number of amides is 2. The fraction of sp³-hybridized carbons (Fsp3) is 0.429. The smallest absolute Gasteiger partial charge is 0.414 e. The van der Waals surface area contributed by atoms with Crippen molar-refractivity contribution in [1.82, 2.24) is 9.88 Å². The minimum absolute atomic E-state index is 0.0159. The van der Waals surface area contributed by atoms with Crippen molar-refractivity contribution in [1.29, 1.82) is 0 Å². The van der Waals surface area contributed by atoms with E-state index in [0.29, 0.717) is 16.3 Å². The van der Waals surface area contributed by atoms with Gasteiger partial charge in [0.2, 0.25) is 5.91 Å². The second-order valence-corrected chi connectivity index (χ2v) is 11.4. The largest absolute Gasteiger partial charge is 0.481 e. The molecule has 8 nitrogen and oxygen atoms in total. The number of aliphatic carboxylic acids is 1. The Morgan fingerprint density at radius 1 is 1.11 bits per heavy atom. The molecule has 2 aliphatic carbocycles. The van der Waals surface area contributed by atoms with Crippen LogP contribution in [0, 0.1) is 11.7 Å². The van der Waals surface area contributed by atoms with Gasteiger partial charge < -0.3 is 14.7 Å². The van der Waals surface area contributed by atoms with Crippen LogP contribution in [0.5, 0.6) is 0 Å². The highest BCUT2D eigenvalue weighted by molar-refractivity contribution is 7.18. The number of carbonyl (C=O) groups is 3. The van der Waals surface area contributed by atoms with Gasteiger partial charge in [-0.1, -0.05) is 24.6 Å². The first-order chi connectivity index (χ1) is 18.4. The lowest BCUT2D eigenvalue weighted by Crippen LogP contribution is -2.53. The molecule has 3 unspecified atom stereocenters. The summed E-state index contributed by atoms with van der Waals surface area (Å²) < 4.78 is 21.3. The molecule has 38 heavy (non-hydrogen) atoms. The van der Waals surface area contributed by atoms with E-state index in [1.165, 1.54) is 23.5 Å². The highest BCUT2D eigenvalue weighted by atomic mass is 32.1. The van der Waals surface area contributed by atoms with Gasteiger partial charge in [0, 0.05) is 24.4 Å². The molecule has 2 saturated carbocycles. The number of rotatable bonds is 7. The number of hydrogen-bond acceptors (Lipinski definition) is 6. The zero-order valence-electron chi connectivity index (χ0n) is 20.7. The van der Waals surface area contributed by atoms with Crippen LogP contribution in [0.1, 0.15) is 61.6 Å². The number of benzene rings is 2. The predicted octanol–water partition coefficient (Wildman–Crippen LogP) is 5.66. The lowest BCUT2D eigenvalue weighted by Gasteiger charge is -2.47. The topological polar surface area (TPSA) is 100 Å². The number of hydrogen-bond donors (Lipinski definition) is 1. The zero-order chi connectivity index (χ0) is 26.4. The molecule has 3 aliphatic rings. The quantitative estimate of drug-likeness (QED) is 0.418. The minimum Gasteiger partial charge on any atom is -0.481 e. The standard InChI is InChI=1S/C28H28FN3O5S/c29-16-8-11-19-22(14-16)32(28(36)37-15-24-30-20-5-1-2-7-23(20)38-24)21-6-3-4-18(21)27(19)31(17-9-10-17)25(33)12-13-26(34)35/h1-2,5,7-8,11,14,17-18,21,27H,3-4,6,9-10,12-13,15H2,(H,34,35). The van der Waals surface area contributed by atoms with E-state index in [1.54, 1.807) is 11.0 Å². The molecule has 2 fully saturated rings. The van der Waals surface area contributed by atoms with E-state index >= 15 is 0 Å². The van der Waals surface area contributed by atoms with Gasteiger partial charge in [0.05, 0.1) is 28.4 Å². The van der Waals surface area contributed by atoms with E-state index in [4.69, 9.17) is 9.84 Å². The van der Waals surface area contributed by atoms with Gasteiger partial charge in [0.1, 0.15) is 17.4 Å². The van der Waals surface area contributed by atoms with E-state index in [0.717, 1.165) is 42.3 Å². The third-order valence-electron chi connectivity index (χ3n) is 7.77. The zero-order valence-corrected chi connectivity index (χ0v) is 21.5. The number of ether oxygens (including phenoxy) is 1. The van der Waals surface area contributed by atoms with Gasteiger partial charge >= 0.3 is 12.1 Å². The van der Waals surface area contributed by atoms with Crippen LogP contribution in [0.2, 0.25) is 0 Å². The number of aromatic nitrogens is 1. The second-order valence-electron chi connectivity index (χ2n) is 10.2. The first-order valence-corrected chi connectivity index (χ1v) is 13.8. The molecule has 0 spiro atoms. The van der Waals surface area contributed by atoms with Gasteiger partial charge in [-0.05, 0) is 55.5 Å². The first-order valence-electron chi connectivity index (χ1n) is 13.0. The number of carbonyl (C=O) groups excluding carboxylic acids is 2. The van der Waals surface area contributed by atoms with E-state index in [2.05, 4.69) is 4.98 Å². The van der Waals surface area contributed by atoms with Crippen molar-refractivity contribution < 1.29 is 28.6 Å². The van der Waals surface area contributed by atoms with Crippen LogP contribution in [0.3, 0.4) is 0 Å². The predicted molar refractivity (Wildman–Crippen MR) is 139 cm³/mol. The molecule has 1 aromatic heterocycles. The third kappa shape index (κ3) is 4.62. The number of para-hydroxylation sites is 1. The summed E-state index contributed by atoms with van der Waals surface area (Å²) in [5.41, 5.74) is 1.98. The molecular formula is C28H28FN3O5S. The molecule has 2 aromatic carbocycles. The third-order valence-corrected chi connectivity index (χ3v) is 8.78. The van der Waals surface area contributed by atoms with Crippen LogP contribution in [-0.4, -0.2) is 45.0 Å². The fourth-order valence-electron chi connectivity index (χ4n) is 6.09. The average molecular weight is 538 g/mol. The molecule has 0 radical (unpaired) electrons. The number of fused-ring (bicyclic) bond motifs is 3. The lowest BCUT2D eigenvalue weighted by molar-refractivity contribution is -0.142. The molecular weight excluding hydrogens is 509 g/mol. The van der Waals surface area contributed by atoms with Crippen LogP contribution >= 0.6 is 11.3 Å². The Bertz CT molecular complexity index is 1370. The summed E-state index contributed by atoms with van der Waals surface area (Å²) in [7, 11) is 0. The molecule has 0 bridgehead atoms. The van der Waals surface area contributed by atoms with Gasteiger partial charge in [-0.3, -0.25) is 14.5 Å². The van der Waals surface area contributed by atoms with Crippen molar-refractivity contribution in [3.63, 3.8) is 0 Å². The van der Waals surface area contributed by atoms with E-state index in [-0.39, 0.29) is 49.4 Å². The molecule has 198 valence electrons. The summed E-state index contributed by atoms with van der Waals surface area (Å²) in [6, 6.07) is 11.6. The van der Waals surface area contributed by atoms with Crippen molar-refractivity contribution in [2.24, 2.45) is 5.92 Å². The molecule has 1 aliphatic heterocycles. The van der Waals surface area contributed by atoms with Crippen molar-refractivity contribution >= 4 is 45.2 Å². The Morgan fingerprint density at radius 2 is 1.92 bits per heavy atom. The summed E-state index contributed by atoms with van der Waals surface area (Å²) >= 11 is 1.46. The summed E-state index contributed by atoms with van der Waals surface area (Å²) in [4.78, 5) is 46.0. The number of thiazole rings is 1. The van der Waals surface area contributed by atoms with Crippen LogP contribution in [0.15, 0.2) is 42.5 Å². The van der Waals surface area contributed by atoms with Gasteiger partial charge in [0.15, 0.2) is 0 Å². The number of carboxylic acids is 1. The van der Waals surface area contributed by atoms with Gasteiger partial charge in [-0.15, -0.1) is 11.3 Å². The molecule has 2 amide bonds. The van der Waals surface area contributed by atoms with Crippen molar-refractivity contribution in [3.8, 4) is 0 Å². The Morgan fingerprint density at radius 3 is 2.68 bits per heavy atom. The Kier molecular flexibility index (Phi) is 6.51. The maximum absolute atomic E-state index is 14.6. The van der Waals surface area contributed by atoms with Crippen molar-refractivity contribution in [2.75, 3.05) is 4.90 Å². The number of carboxylic acid groups (broad SMARTS) is 1. The van der Waals surface area contributed by atoms with Crippen LogP contribution in [0.4, 0.5) is 14.9 Å². The van der Waals surface area contributed by atoms with Gasteiger partial charge in [-0.25, -0.2) is 14.2 Å². The number of anilines is 1.